The summed E-state index contributed by atoms with van der Waals surface area (Å²) >= 11 is 0. The predicted octanol–water partition coefficient (Wildman–Crippen LogP) is 1.76. The third-order valence-electron chi connectivity index (χ3n) is 3.66. The van der Waals surface area contributed by atoms with Crippen LogP contribution < -0.4 is 5.73 Å². The van der Waals surface area contributed by atoms with Crippen molar-refractivity contribution >= 4 is 5.69 Å². The molecule has 0 amide bonds. The average molecular weight is 249 g/mol. The third-order valence-corrected chi connectivity index (χ3v) is 3.66. The van der Waals surface area contributed by atoms with Crippen molar-refractivity contribution in [2.75, 3.05) is 13.1 Å². The van der Waals surface area contributed by atoms with Gasteiger partial charge in [-0.1, -0.05) is 12.1 Å². The Hall–Kier alpha value is -1.46. The minimum atomic E-state index is -0.368. The lowest BCUT2D eigenvalue weighted by Crippen LogP contribution is -2.27. The molecule has 0 saturated carbocycles. The van der Waals surface area contributed by atoms with Gasteiger partial charge >= 0.3 is 0 Å². The van der Waals surface area contributed by atoms with Gasteiger partial charge in [0, 0.05) is 31.3 Å². The van der Waals surface area contributed by atoms with Crippen LogP contribution in [0.4, 0.5) is 5.69 Å². The minimum Gasteiger partial charge on any atom is -0.330 e. The van der Waals surface area contributed by atoms with Crippen LogP contribution in [0.3, 0.4) is 0 Å². The highest BCUT2D eigenvalue weighted by Gasteiger charge is 2.27. The Labute approximate surface area is 107 Å². The van der Waals surface area contributed by atoms with E-state index in [1.54, 1.807) is 12.1 Å². The van der Waals surface area contributed by atoms with Crippen molar-refractivity contribution in [2.45, 2.75) is 25.9 Å². The molecule has 2 atom stereocenters. The van der Waals surface area contributed by atoms with Gasteiger partial charge in [-0.05, 0) is 31.4 Å². The van der Waals surface area contributed by atoms with Crippen LogP contribution in [-0.4, -0.2) is 29.0 Å². The second-order valence-electron chi connectivity index (χ2n) is 5.04. The molecule has 2 N–H and O–H groups in total. The fourth-order valence-corrected chi connectivity index (χ4v) is 2.57. The summed E-state index contributed by atoms with van der Waals surface area (Å²) in [6.45, 7) is 4.81. The number of hydrogen-bond acceptors (Lipinski definition) is 4. The largest absolute Gasteiger partial charge is 0.330 e. The molecule has 5 heteroatoms. The zero-order chi connectivity index (χ0) is 13.1. The van der Waals surface area contributed by atoms with E-state index in [-0.39, 0.29) is 10.6 Å². The van der Waals surface area contributed by atoms with Crippen LogP contribution in [-0.2, 0) is 6.54 Å². The molecule has 0 spiro atoms. The summed E-state index contributed by atoms with van der Waals surface area (Å²) < 4.78 is 0. The standard InChI is InChI=1S/C13H19N3O2/c1-10-6-12(7-14)9-15(10)8-11-2-4-13(5-3-11)16(17)18/h2-5,10,12H,6-9,14H2,1H3. The summed E-state index contributed by atoms with van der Waals surface area (Å²) in [6, 6.07) is 7.34. The second kappa shape index (κ2) is 5.46. The number of nitro benzene ring substituents is 1. The molecule has 1 aromatic rings. The predicted molar refractivity (Wildman–Crippen MR) is 70.1 cm³/mol. The van der Waals surface area contributed by atoms with Crippen LogP contribution in [0.2, 0.25) is 0 Å². The Morgan fingerprint density at radius 1 is 1.44 bits per heavy atom. The quantitative estimate of drug-likeness (QED) is 0.652. The number of hydrogen-bond donors (Lipinski definition) is 1. The number of nitrogens with zero attached hydrogens (tertiary/aromatic N) is 2. The molecular weight excluding hydrogens is 230 g/mol. The van der Waals surface area contributed by atoms with E-state index in [1.807, 2.05) is 12.1 Å². The SMILES string of the molecule is CC1CC(CN)CN1Cc1ccc([N+](=O)[O-])cc1. The minimum absolute atomic E-state index is 0.146. The number of likely N-dealkylation sites (tertiary alicyclic amines) is 1. The van der Waals surface area contributed by atoms with Crippen molar-refractivity contribution in [1.29, 1.82) is 0 Å². The molecular formula is C13H19N3O2. The Morgan fingerprint density at radius 3 is 2.61 bits per heavy atom. The number of nitro groups is 1. The van der Waals surface area contributed by atoms with Crippen molar-refractivity contribution in [1.82, 2.24) is 4.90 Å². The Bertz CT molecular complexity index is 419. The van der Waals surface area contributed by atoms with Crippen molar-refractivity contribution in [3.8, 4) is 0 Å². The van der Waals surface area contributed by atoms with E-state index in [0.29, 0.717) is 12.0 Å². The maximum absolute atomic E-state index is 10.6. The van der Waals surface area contributed by atoms with Gasteiger partial charge in [0.2, 0.25) is 0 Å². The number of rotatable bonds is 4. The van der Waals surface area contributed by atoms with E-state index < -0.39 is 0 Å². The summed E-state index contributed by atoms with van der Waals surface area (Å²) in [4.78, 5) is 12.6. The van der Waals surface area contributed by atoms with Crippen LogP contribution in [0.1, 0.15) is 18.9 Å². The van der Waals surface area contributed by atoms with Crippen LogP contribution >= 0.6 is 0 Å². The van der Waals surface area contributed by atoms with Crippen molar-refractivity contribution in [3.63, 3.8) is 0 Å². The first-order valence-electron chi connectivity index (χ1n) is 6.27. The fourth-order valence-electron chi connectivity index (χ4n) is 2.57. The summed E-state index contributed by atoms with van der Waals surface area (Å²) in [7, 11) is 0. The molecule has 1 aliphatic heterocycles. The molecule has 1 aliphatic rings. The van der Waals surface area contributed by atoms with Crippen LogP contribution in [0, 0.1) is 16.0 Å². The monoisotopic (exact) mass is 249 g/mol. The van der Waals surface area contributed by atoms with Gasteiger partial charge in [0.15, 0.2) is 0 Å². The summed E-state index contributed by atoms with van der Waals surface area (Å²) in [5.41, 5.74) is 6.97. The Balaban J connectivity index is 1.99. The van der Waals surface area contributed by atoms with Crippen LogP contribution in [0.15, 0.2) is 24.3 Å². The Morgan fingerprint density at radius 2 is 2.11 bits per heavy atom. The molecule has 18 heavy (non-hydrogen) atoms. The first-order valence-corrected chi connectivity index (χ1v) is 6.27. The molecule has 0 radical (unpaired) electrons. The zero-order valence-electron chi connectivity index (χ0n) is 10.6. The van der Waals surface area contributed by atoms with Gasteiger partial charge in [0.1, 0.15) is 0 Å². The summed E-state index contributed by atoms with van der Waals surface area (Å²) in [5, 5.41) is 10.6. The zero-order valence-corrected chi connectivity index (χ0v) is 10.6. The molecule has 1 fully saturated rings. The molecule has 0 aliphatic carbocycles. The van der Waals surface area contributed by atoms with E-state index in [2.05, 4.69) is 11.8 Å². The molecule has 5 nitrogen and oxygen atoms in total. The lowest BCUT2D eigenvalue weighted by molar-refractivity contribution is -0.384. The van der Waals surface area contributed by atoms with Gasteiger partial charge in [-0.2, -0.15) is 0 Å². The lowest BCUT2D eigenvalue weighted by atomic mass is 10.1. The highest BCUT2D eigenvalue weighted by Crippen LogP contribution is 2.24. The average Bonchev–Trinajstić information content (AvgIpc) is 2.71. The molecule has 98 valence electrons. The first-order chi connectivity index (χ1) is 8.60. The smallest absolute Gasteiger partial charge is 0.269 e. The maximum Gasteiger partial charge on any atom is 0.269 e. The first kappa shape index (κ1) is 13.0. The number of benzene rings is 1. The lowest BCUT2D eigenvalue weighted by Gasteiger charge is -2.20. The van der Waals surface area contributed by atoms with Gasteiger partial charge in [-0.3, -0.25) is 15.0 Å². The van der Waals surface area contributed by atoms with E-state index in [9.17, 15) is 10.1 Å². The number of non-ortho nitro benzene ring substituents is 1. The van der Waals surface area contributed by atoms with Crippen molar-refractivity contribution < 1.29 is 4.92 Å². The third kappa shape index (κ3) is 2.86. The van der Waals surface area contributed by atoms with E-state index in [0.717, 1.165) is 31.6 Å². The fraction of sp³-hybridized carbons (Fsp3) is 0.538. The van der Waals surface area contributed by atoms with Crippen LogP contribution in [0.25, 0.3) is 0 Å². The van der Waals surface area contributed by atoms with Gasteiger partial charge in [-0.25, -0.2) is 0 Å². The molecule has 1 heterocycles. The van der Waals surface area contributed by atoms with Crippen molar-refractivity contribution in [3.05, 3.63) is 39.9 Å². The van der Waals surface area contributed by atoms with Crippen LogP contribution in [0.5, 0.6) is 0 Å². The number of nitrogens with two attached hydrogens (primary N) is 1. The summed E-state index contributed by atoms with van der Waals surface area (Å²) in [6.07, 6.45) is 1.14. The molecule has 0 bridgehead atoms. The highest BCUT2D eigenvalue weighted by atomic mass is 16.6. The van der Waals surface area contributed by atoms with E-state index in [1.165, 1.54) is 0 Å². The van der Waals surface area contributed by atoms with Gasteiger partial charge < -0.3 is 5.73 Å². The second-order valence-corrected chi connectivity index (χ2v) is 5.04. The topological polar surface area (TPSA) is 72.4 Å². The van der Waals surface area contributed by atoms with Gasteiger partial charge in [0.05, 0.1) is 4.92 Å². The van der Waals surface area contributed by atoms with Gasteiger partial charge in [-0.15, -0.1) is 0 Å². The maximum atomic E-state index is 10.6. The molecule has 2 rings (SSSR count). The van der Waals surface area contributed by atoms with E-state index >= 15 is 0 Å². The summed E-state index contributed by atoms with van der Waals surface area (Å²) in [5.74, 6) is 0.582. The van der Waals surface area contributed by atoms with Gasteiger partial charge in [0.25, 0.3) is 5.69 Å². The molecule has 1 saturated heterocycles. The van der Waals surface area contributed by atoms with E-state index in [4.69, 9.17) is 5.73 Å². The molecule has 0 aromatic heterocycles. The highest BCUT2D eigenvalue weighted by molar-refractivity contribution is 5.32. The molecule has 1 aromatic carbocycles. The molecule has 2 unspecified atom stereocenters. The van der Waals surface area contributed by atoms with Crippen molar-refractivity contribution in [2.24, 2.45) is 11.7 Å². The normalized spacial score (nSPS) is 24.3. The Kier molecular flexibility index (Phi) is 3.93.